The zero-order valence-corrected chi connectivity index (χ0v) is 14.1. The highest BCUT2D eigenvalue weighted by molar-refractivity contribution is 5.48. The number of hydrogen-bond donors (Lipinski definition) is 0. The SMILES string of the molecule is Cc1cc(N2CCN(C3CCCC3)CC2)n2nc(C(F)(F)F)nc2n1. The van der Waals surface area contributed by atoms with E-state index in [0.717, 1.165) is 26.2 Å². The number of anilines is 1. The molecule has 2 fully saturated rings. The third kappa shape index (κ3) is 3.17. The number of alkyl halides is 3. The molecule has 0 radical (unpaired) electrons. The van der Waals surface area contributed by atoms with E-state index in [-0.39, 0.29) is 5.78 Å². The van der Waals surface area contributed by atoms with Crippen molar-refractivity contribution in [3.8, 4) is 0 Å². The van der Waals surface area contributed by atoms with Crippen LogP contribution in [0.25, 0.3) is 5.78 Å². The number of halogens is 3. The highest BCUT2D eigenvalue weighted by Gasteiger charge is 2.37. The van der Waals surface area contributed by atoms with Gasteiger partial charge in [0, 0.05) is 44.0 Å². The average Bonchev–Trinajstić information content (AvgIpc) is 3.23. The third-order valence-electron chi connectivity index (χ3n) is 5.15. The smallest absolute Gasteiger partial charge is 0.354 e. The molecule has 0 atom stereocenters. The van der Waals surface area contributed by atoms with Crippen molar-refractivity contribution in [1.29, 1.82) is 0 Å². The standard InChI is InChI=1S/C16H21F3N6/c1-11-10-13(25-15(20-11)21-14(22-25)16(17,18)19)24-8-6-23(7-9-24)12-4-2-3-5-12/h10,12H,2-9H2,1H3. The number of fused-ring (bicyclic) bond motifs is 1. The molecule has 1 saturated carbocycles. The molecule has 2 aromatic rings. The van der Waals surface area contributed by atoms with E-state index in [2.05, 4.69) is 24.9 Å². The van der Waals surface area contributed by atoms with Crippen molar-refractivity contribution >= 4 is 11.6 Å². The molecule has 2 aromatic heterocycles. The predicted octanol–water partition coefficient (Wildman–Crippen LogP) is 2.52. The van der Waals surface area contributed by atoms with Crippen molar-refractivity contribution in [2.45, 2.75) is 44.8 Å². The van der Waals surface area contributed by atoms with Crippen LogP contribution in [0.15, 0.2) is 6.07 Å². The van der Waals surface area contributed by atoms with Gasteiger partial charge in [-0.15, -0.1) is 5.10 Å². The van der Waals surface area contributed by atoms with Crippen LogP contribution in [-0.2, 0) is 6.18 Å². The topological polar surface area (TPSA) is 49.6 Å². The fourth-order valence-electron chi connectivity index (χ4n) is 3.90. The van der Waals surface area contributed by atoms with Gasteiger partial charge in [0.15, 0.2) is 0 Å². The zero-order chi connectivity index (χ0) is 17.6. The lowest BCUT2D eigenvalue weighted by molar-refractivity contribution is -0.144. The molecule has 0 N–H and O–H groups in total. The molecule has 6 nitrogen and oxygen atoms in total. The van der Waals surface area contributed by atoms with Gasteiger partial charge in [-0.25, -0.2) is 4.98 Å². The van der Waals surface area contributed by atoms with Crippen LogP contribution in [0.4, 0.5) is 19.0 Å². The molecule has 4 rings (SSSR count). The van der Waals surface area contributed by atoms with Crippen molar-refractivity contribution in [3.63, 3.8) is 0 Å². The number of hydrogen-bond acceptors (Lipinski definition) is 5. The van der Waals surface area contributed by atoms with E-state index in [0.29, 0.717) is 17.6 Å². The summed E-state index contributed by atoms with van der Waals surface area (Å²) in [5.74, 6) is -0.506. The molecule has 1 aliphatic heterocycles. The Morgan fingerprint density at radius 2 is 1.72 bits per heavy atom. The van der Waals surface area contributed by atoms with E-state index in [1.165, 1.54) is 30.2 Å². The molecule has 0 bridgehead atoms. The van der Waals surface area contributed by atoms with Crippen LogP contribution in [0.3, 0.4) is 0 Å². The van der Waals surface area contributed by atoms with E-state index in [9.17, 15) is 13.2 Å². The Balaban J connectivity index is 1.59. The number of rotatable bonds is 2. The van der Waals surface area contributed by atoms with E-state index < -0.39 is 12.0 Å². The Bertz CT molecular complexity index is 757. The van der Waals surface area contributed by atoms with Crippen LogP contribution in [-0.4, -0.2) is 56.7 Å². The summed E-state index contributed by atoms with van der Waals surface area (Å²) in [6.45, 7) is 5.16. The minimum Gasteiger partial charge on any atom is -0.354 e. The second kappa shape index (κ2) is 6.12. The highest BCUT2D eigenvalue weighted by atomic mass is 19.4. The summed E-state index contributed by atoms with van der Waals surface area (Å²) in [5, 5.41) is 3.66. The minimum absolute atomic E-state index is 0.000507. The number of aromatic nitrogens is 4. The summed E-state index contributed by atoms with van der Waals surface area (Å²) in [4.78, 5) is 12.2. The van der Waals surface area contributed by atoms with Crippen LogP contribution in [0, 0.1) is 6.92 Å². The Hall–Kier alpha value is -1.90. The maximum atomic E-state index is 12.9. The zero-order valence-electron chi connectivity index (χ0n) is 14.1. The lowest BCUT2D eigenvalue weighted by Gasteiger charge is -2.38. The Labute approximate surface area is 143 Å². The molecular weight excluding hydrogens is 333 g/mol. The quantitative estimate of drug-likeness (QED) is 0.829. The van der Waals surface area contributed by atoms with Gasteiger partial charge in [-0.1, -0.05) is 12.8 Å². The van der Waals surface area contributed by atoms with Gasteiger partial charge in [-0.05, 0) is 19.8 Å². The lowest BCUT2D eigenvalue weighted by Crippen LogP contribution is -2.50. The van der Waals surface area contributed by atoms with Gasteiger partial charge in [0.25, 0.3) is 11.6 Å². The van der Waals surface area contributed by atoms with Gasteiger partial charge in [0.1, 0.15) is 5.82 Å². The molecule has 0 unspecified atom stereocenters. The largest absolute Gasteiger partial charge is 0.453 e. The van der Waals surface area contributed by atoms with Crippen molar-refractivity contribution in [3.05, 3.63) is 17.6 Å². The van der Waals surface area contributed by atoms with Gasteiger partial charge in [0.05, 0.1) is 0 Å². The maximum Gasteiger partial charge on any atom is 0.453 e. The number of aryl methyl sites for hydroxylation is 1. The first-order valence-corrected chi connectivity index (χ1v) is 8.72. The van der Waals surface area contributed by atoms with Gasteiger partial charge < -0.3 is 4.90 Å². The van der Waals surface area contributed by atoms with Gasteiger partial charge in [0.2, 0.25) is 0 Å². The van der Waals surface area contributed by atoms with Gasteiger partial charge in [-0.3, -0.25) is 4.90 Å². The van der Waals surface area contributed by atoms with Crippen LogP contribution >= 0.6 is 0 Å². The predicted molar refractivity (Wildman–Crippen MR) is 86.6 cm³/mol. The first kappa shape index (κ1) is 16.6. The molecule has 9 heteroatoms. The fourth-order valence-corrected chi connectivity index (χ4v) is 3.90. The molecule has 25 heavy (non-hydrogen) atoms. The normalized spacial score (nSPS) is 20.7. The van der Waals surface area contributed by atoms with E-state index >= 15 is 0 Å². The maximum absolute atomic E-state index is 12.9. The Morgan fingerprint density at radius 1 is 1.04 bits per heavy atom. The second-order valence-corrected chi connectivity index (χ2v) is 6.86. The summed E-state index contributed by atoms with van der Waals surface area (Å²) >= 11 is 0. The molecule has 3 heterocycles. The van der Waals surface area contributed by atoms with Crippen molar-refractivity contribution in [2.24, 2.45) is 0 Å². The first-order chi connectivity index (χ1) is 11.9. The average molecular weight is 354 g/mol. The molecule has 1 saturated heterocycles. The van der Waals surface area contributed by atoms with Gasteiger partial charge in [-0.2, -0.15) is 22.7 Å². The summed E-state index contributed by atoms with van der Waals surface area (Å²) < 4.78 is 40.0. The Kier molecular flexibility index (Phi) is 4.05. The number of piperazine rings is 1. The van der Waals surface area contributed by atoms with Crippen LogP contribution in [0.2, 0.25) is 0 Å². The molecule has 1 aliphatic carbocycles. The molecule has 136 valence electrons. The van der Waals surface area contributed by atoms with E-state index in [1.54, 1.807) is 13.0 Å². The monoisotopic (exact) mass is 354 g/mol. The minimum atomic E-state index is -4.57. The fraction of sp³-hybridized carbons (Fsp3) is 0.688. The summed E-state index contributed by atoms with van der Waals surface area (Å²) in [6.07, 6.45) is 0.551. The van der Waals surface area contributed by atoms with Crippen molar-refractivity contribution in [1.82, 2.24) is 24.5 Å². The van der Waals surface area contributed by atoms with Crippen LogP contribution in [0.5, 0.6) is 0 Å². The molecule has 0 spiro atoms. The second-order valence-electron chi connectivity index (χ2n) is 6.86. The summed E-state index contributed by atoms with van der Waals surface area (Å²) in [6, 6.07) is 2.46. The Morgan fingerprint density at radius 3 is 2.36 bits per heavy atom. The summed E-state index contributed by atoms with van der Waals surface area (Å²) in [5.41, 5.74) is 0.641. The molecule has 2 aliphatic rings. The number of nitrogens with zero attached hydrogens (tertiary/aromatic N) is 6. The first-order valence-electron chi connectivity index (χ1n) is 8.72. The van der Waals surface area contributed by atoms with E-state index in [1.807, 2.05) is 0 Å². The highest BCUT2D eigenvalue weighted by Crippen LogP contribution is 2.29. The van der Waals surface area contributed by atoms with Crippen LogP contribution in [0.1, 0.15) is 37.2 Å². The van der Waals surface area contributed by atoms with E-state index in [4.69, 9.17) is 0 Å². The molecule has 0 amide bonds. The van der Waals surface area contributed by atoms with Crippen molar-refractivity contribution < 1.29 is 13.2 Å². The molecule has 0 aromatic carbocycles. The van der Waals surface area contributed by atoms with Crippen molar-refractivity contribution in [2.75, 3.05) is 31.1 Å². The van der Waals surface area contributed by atoms with Gasteiger partial charge >= 0.3 is 6.18 Å². The lowest BCUT2D eigenvalue weighted by atomic mass is 10.2. The van der Waals surface area contributed by atoms with Crippen LogP contribution < -0.4 is 4.90 Å². The molecular formula is C16H21F3N6. The third-order valence-corrected chi connectivity index (χ3v) is 5.15. The summed E-state index contributed by atoms with van der Waals surface area (Å²) in [7, 11) is 0.